The number of hydrogen-bond donors (Lipinski definition) is 3. The van der Waals surface area contributed by atoms with Gasteiger partial charge in [-0.15, -0.1) is 0 Å². The highest BCUT2D eigenvalue weighted by atomic mass is 16.5. The molecule has 0 saturated carbocycles. The predicted molar refractivity (Wildman–Crippen MR) is 151 cm³/mol. The van der Waals surface area contributed by atoms with Gasteiger partial charge in [-0.3, -0.25) is 19.2 Å². The molecule has 0 bridgehead atoms. The minimum Gasteiger partial charge on any atom is -0.480 e. The maximum atomic E-state index is 12.9. The second kappa shape index (κ2) is 23.9. The molecule has 0 rings (SSSR count). The molecule has 0 aliphatic rings. The van der Waals surface area contributed by atoms with Gasteiger partial charge >= 0.3 is 5.97 Å². The summed E-state index contributed by atoms with van der Waals surface area (Å²) >= 11 is 0. The summed E-state index contributed by atoms with van der Waals surface area (Å²) in [5.41, 5.74) is 0. The van der Waals surface area contributed by atoms with Gasteiger partial charge in [0.05, 0.1) is 6.61 Å². The topological polar surface area (TPSA) is 125 Å². The highest BCUT2D eigenvalue weighted by Crippen LogP contribution is 2.14. The van der Waals surface area contributed by atoms with Gasteiger partial charge in [0.2, 0.25) is 17.7 Å². The van der Waals surface area contributed by atoms with Crippen molar-refractivity contribution < 1.29 is 29.0 Å². The maximum absolute atomic E-state index is 12.9. The van der Waals surface area contributed by atoms with E-state index in [9.17, 15) is 19.2 Å². The average Bonchev–Trinajstić information content (AvgIpc) is 2.89. The van der Waals surface area contributed by atoms with Gasteiger partial charge < -0.3 is 25.4 Å². The Morgan fingerprint density at radius 2 is 1.26 bits per heavy atom. The first-order chi connectivity index (χ1) is 18.2. The van der Waals surface area contributed by atoms with Crippen LogP contribution in [0.25, 0.3) is 0 Å². The van der Waals surface area contributed by atoms with E-state index in [1.807, 2.05) is 6.92 Å². The van der Waals surface area contributed by atoms with Crippen LogP contribution >= 0.6 is 0 Å². The van der Waals surface area contributed by atoms with Crippen LogP contribution in [0.1, 0.15) is 124 Å². The number of aliphatic carboxylic acids is 1. The van der Waals surface area contributed by atoms with Gasteiger partial charge in [0.25, 0.3) is 0 Å². The molecule has 9 nitrogen and oxygen atoms in total. The van der Waals surface area contributed by atoms with Crippen molar-refractivity contribution in [3.63, 3.8) is 0 Å². The van der Waals surface area contributed by atoms with E-state index >= 15 is 0 Å². The zero-order valence-electron chi connectivity index (χ0n) is 24.5. The third-order valence-corrected chi connectivity index (χ3v) is 6.74. The summed E-state index contributed by atoms with van der Waals surface area (Å²) in [6, 6.07) is -1.80. The molecule has 38 heavy (non-hydrogen) atoms. The molecular formula is C29H55N3O6. The maximum Gasteiger partial charge on any atom is 0.322 e. The van der Waals surface area contributed by atoms with E-state index in [-0.39, 0.29) is 12.5 Å². The standard InChI is InChI=1S/C29H55N3O6/c1-5-7-9-10-11-12-13-14-15-16-17-18-19-20-26(33)32(4)25(23-38-21-8-6-2)29(37)31-24(3)28(36)30-22-27(34)35/h24-25H,5-23H2,1-4H3,(H,30,36)(H,31,37)(H,34,35)/t24-,25-/m1/s1. The number of unbranched alkanes of at least 4 members (excludes halogenated alkanes) is 13. The van der Waals surface area contributed by atoms with Crippen LogP contribution in [0.4, 0.5) is 0 Å². The number of rotatable bonds is 25. The molecule has 0 saturated heterocycles. The SMILES string of the molecule is CCCCCCCCCCCCCCCC(=O)N(C)[C@H](COCCCC)C(=O)N[C@H](C)C(=O)NCC(=O)O. The number of nitrogens with zero attached hydrogens (tertiary/aromatic N) is 1. The van der Waals surface area contributed by atoms with Crippen LogP contribution in [0, 0.1) is 0 Å². The highest BCUT2D eigenvalue weighted by Gasteiger charge is 2.29. The van der Waals surface area contributed by atoms with E-state index in [2.05, 4.69) is 17.6 Å². The zero-order chi connectivity index (χ0) is 28.6. The number of ether oxygens (including phenoxy) is 1. The predicted octanol–water partition coefficient (Wildman–Crippen LogP) is 4.82. The Kier molecular flexibility index (Phi) is 22.6. The number of nitrogens with one attached hydrogen (secondary N) is 2. The van der Waals surface area contributed by atoms with E-state index in [1.165, 1.54) is 76.0 Å². The van der Waals surface area contributed by atoms with Gasteiger partial charge in [-0.05, 0) is 19.8 Å². The van der Waals surface area contributed by atoms with Gasteiger partial charge in [-0.2, -0.15) is 0 Å². The van der Waals surface area contributed by atoms with Gasteiger partial charge in [0, 0.05) is 20.1 Å². The lowest BCUT2D eigenvalue weighted by Gasteiger charge is -2.28. The molecular weight excluding hydrogens is 486 g/mol. The smallest absolute Gasteiger partial charge is 0.322 e. The Bertz CT molecular complexity index is 658. The van der Waals surface area contributed by atoms with Crippen molar-refractivity contribution in [2.24, 2.45) is 0 Å². The molecule has 3 N–H and O–H groups in total. The van der Waals surface area contributed by atoms with Gasteiger partial charge in [0.1, 0.15) is 18.6 Å². The van der Waals surface area contributed by atoms with Crippen molar-refractivity contribution in [1.29, 1.82) is 0 Å². The minimum absolute atomic E-state index is 0.0378. The third-order valence-electron chi connectivity index (χ3n) is 6.74. The second-order valence-corrected chi connectivity index (χ2v) is 10.3. The normalized spacial score (nSPS) is 12.5. The number of carboxylic acid groups (broad SMARTS) is 1. The molecule has 0 heterocycles. The molecule has 222 valence electrons. The van der Waals surface area contributed by atoms with Crippen molar-refractivity contribution in [1.82, 2.24) is 15.5 Å². The van der Waals surface area contributed by atoms with E-state index in [1.54, 1.807) is 7.05 Å². The Balaban J connectivity index is 4.41. The summed E-state index contributed by atoms with van der Waals surface area (Å²) in [6.45, 7) is 5.75. The fourth-order valence-corrected chi connectivity index (χ4v) is 4.14. The summed E-state index contributed by atoms with van der Waals surface area (Å²) in [6.07, 6.45) is 18.2. The van der Waals surface area contributed by atoms with Gasteiger partial charge in [0.15, 0.2) is 0 Å². The van der Waals surface area contributed by atoms with Gasteiger partial charge in [-0.25, -0.2) is 0 Å². The van der Waals surface area contributed by atoms with Crippen molar-refractivity contribution in [2.45, 2.75) is 136 Å². The lowest BCUT2D eigenvalue weighted by atomic mass is 10.0. The van der Waals surface area contributed by atoms with Crippen molar-refractivity contribution in [3.8, 4) is 0 Å². The molecule has 0 unspecified atom stereocenters. The quantitative estimate of drug-likeness (QED) is 0.142. The second-order valence-electron chi connectivity index (χ2n) is 10.3. The number of likely N-dealkylation sites (N-methyl/N-ethyl adjacent to an activating group) is 1. The molecule has 0 fully saturated rings. The molecule has 0 radical (unpaired) electrons. The number of carbonyl (C=O) groups excluding carboxylic acids is 3. The Morgan fingerprint density at radius 3 is 1.76 bits per heavy atom. The fourth-order valence-electron chi connectivity index (χ4n) is 4.14. The number of hydrogen-bond acceptors (Lipinski definition) is 5. The first-order valence-electron chi connectivity index (χ1n) is 14.9. The molecule has 0 spiro atoms. The summed E-state index contributed by atoms with van der Waals surface area (Å²) in [5.74, 6) is -2.40. The van der Waals surface area contributed by atoms with Crippen LogP contribution < -0.4 is 10.6 Å². The Morgan fingerprint density at radius 1 is 0.763 bits per heavy atom. The van der Waals surface area contributed by atoms with Crippen molar-refractivity contribution in [3.05, 3.63) is 0 Å². The molecule has 0 aromatic heterocycles. The highest BCUT2D eigenvalue weighted by molar-refractivity contribution is 5.92. The number of amides is 3. The summed E-state index contributed by atoms with van der Waals surface area (Å²) in [7, 11) is 1.59. The monoisotopic (exact) mass is 541 g/mol. The minimum atomic E-state index is -1.17. The first-order valence-corrected chi connectivity index (χ1v) is 14.9. The lowest BCUT2D eigenvalue weighted by molar-refractivity contribution is -0.142. The average molecular weight is 542 g/mol. The van der Waals surface area contributed by atoms with E-state index in [4.69, 9.17) is 9.84 Å². The molecule has 0 aromatic carbocycles. The molecule has 0 aliphatic heterocycles. The number of carboxylic acids is 1. The summed E-state index contributed by atoms with van der Waals surface area (Å²) in [4.78, 5) is 49.9. The zero-order valence-corrected chi connectivity index (χ0v) is 24.5. The molecule has 0 aliphatic carbocycles. The van der Waals surface area contributed by atoms with Crippen molar-refractivity contribution >= 4 is 23.7 Å². The fraction of sp³-hybridized carbons (Fsp3) is 0.862. The Hall–Kier alpha value is -2.16. The molecule has 0 aromatic rings. The first kappa shape index (κ1) is 35.8. The van der Waals surface area contributed by atoms with Crippen LogP contribution in [0.3, 0.4) is 0 Å². The number of carbonyl (C=O) groups is 4. The van der Waals surface area contributed by atoms with E-state index < -0.39 is 36.4 Å². The Labute approximate surface area is 230 Å². The molecule has 9 heteroatoms. The van der Waals surface area contributed by atoms with Crippen LogP contribution in [-0.4, -0.2) is 72.6 Å². The third kappa shape index (κ3) is 19.0. The largest absolute Gasteiger partial charge is 0.480 e. The summed E-state index contributed by atoms with van der Waals surface area (Å²) in [5, 5.41) is 13.5. The van der Waals surface area contributed by atoms with Crippen LogP contribution in [0.2, 0.25) is 0 Å². The summed E-state index contributed by atoms with van der Waals surface area (Å²) < 4.78 is 5.64. The van der Waals surface area contributed by atoms with Crippen molar-refractivity contribution in [2.75, 3.05) is 26.8 Å². The van der Waals surface area contributed by atoms with Crippen LogP contribution in [0.5, 0.6) is 0 Å². The van der Waals surface area contributed by atoms with E-state index in [0.717, 1.165) is 32.1 Å². The van der Waals surface area contributed by atoms with Crippen LogP contribution in [0.15, 0.2) is 0 Å². The van der Waals surface area contributed by atoms with Gasteiger partial charge in [-0.1, -0.05) is 97.3 Å². The molecule has 2 atom stereocenters. The lowest BCUT2D eigenvalue weighted by Crippen LogP contribution is -2.55. The van der Waals surface area contributed by atoms with E-state index in [0.29, 0.717) is 13.0 Å². The molecule has 3 amide bonds. The van der Waals surface area contributed by atoms with Crippen LogP contribution in [-0.2, 0) is 23.9 Å².